The number of amides is 1. The van der Waals surface area contributed by atoms with Crippen LogP contribution in [0.1, 0.15) is 51.7 Å². The molecule has 3 heteroatoms. The number of rotatable bonds is 3. The number of para-hydroxylation sites is 1. The summed E-state index contributed by atoms with van der Waals surface area (Å²) in [6.07, 6.45) is 1.38. The molecule has 1 aliphatic rings. The molecule has 1 atom stereocenters. The summed E-state index contributed by atoms with van der Waals surface area (Å²) in [5, 5.41) is 0. The lowest BCUT2D eigenvalue weighted by Gasteiger charge is -2.51. The number of fused-ring (bicyclic) bond motifs is 1. The molecule has 0 aromatic heterocycles. The third kappa shape index (κ3) is 2.82. The van der Waals surface area contributed by atoms with Gasteiger partial charge in [-0.15, -0.1) is 0 Å². The molecule has 0 bridgehead atoms. The number of methoxy groups -OCH3 is 1. The lowest BCUT2D eigenvalue weighted by Crippen LogP contribution is -2.55. The van der Waals surface area contributed by atoms with E-state index in [1.165, 1.54) is 11.1 Å². The van der Waals surface area contributed by atoms with Crippen molar-refractivity contribution in [3.8, 4) is 5.75 Å². The van der Waals surface area contributed by atoms with E-state index in [0.717, 1.165) is 17.9 Å². The van der Waals surface area contributed by atoms with Crippen molar-refractivity contribution in [1.29, 1.82) is 0 Å². The second-order valence-electron chi connectivity index (χ2n) is 7.65. The van der Waals surface area contributed by atoms with Gasteiger partial charge < -0.3 is 9.64 Å². The van der Waals surface area contributed by atoms with Gasteiger partial charge in [0.15, 0.2) is 0 Å². The molecule has 0 fully saturated rings. The predicted octanol–water partition coefficient (Wildman–Crippen LogP) is 4.93. The Hall–Kier alpha value is -2.29. The van der Waals surface area contributed by atoms with Gasteiger partial charge in [-0.2, -0.15) is 0 Å². The Morgan fingerprint density at radius 2 is 1.72 bits per heavy atom. The molecule has 25 heavy (non-hydrogen) atoms. The van der Waals surface area contributed by atoms with Gasteiger partial charge in [-0.05, 0) is 49.6 Å². The molecule has 0 saturated heterocycles. The highest BCUT2D eigenvalue weighted by molar-refractivity contribution is 5.96. The van der Waals surface area contributed by atoms with Crippen LogP contribution in [0.4, 0.5) is 5.69 Å². The number of benzene rings is 2. The minimum absolute atomic E-state index is 0.156. The van der Waals surface area contributed by atoms with E-state index in [-0.39, 0.29) is 16.9 Å². The maximum absolute atomic E-state index is 12.7. The third-order valence-corrected chi connectivity index (χ3v) is 5.41. The van der Waals surface area contributed by atoms with Gasteiger partial charge in [0.1, 0.15) is 5.75 Å². The summed E-state index contributed by atoms with van der Waals surface area (Å²) < 4.78 is 5.31. The lowest BCUT2D eigenvalue weighted by molar-refractivity contribution is -0.119. The van der Waals surface area contributed by atoms with Crippen molar-refractivity contribution in [2.45, 2.75) is 51.5 Å². The number of carbonyl (C=O) groups excluding carboxylic acids is 1. The van der Waals surface area contributed by atoms with Gasteiger partial charge in [-0.25, -0.2) is 0 Å². The monoisotopic (exact) mass is 337 g/mol. The Kier molecular flexibility index (Phi) is 4.36. The number of nitrogens with zero attached hydrogens (tertiary/aromatic N) is 1. The molecule has 132 valence electrons. The molecule has 0 saturated carbocycles. The van der Waals surface area contributed by atoms with E-state index >= 15 is 0 Å². The molecule has 1 amide bonds. The summed E-state index contributed by atoms with van der Waals surface area (Å²) in [4.78, 5) is 14.7. The van der Waals surface area contributed by atoms with Crippen molar-refractivity contribution >= 4 is 11.6 Å². The zero-order valence-corrected chi connectivity index (χ0v) is 15.8. The van der Waals surface area contributed by atoms with Crippen molar-refractivity contribution in [3.63, 3.8) is 0 Å². The molecular weight excluding hydrogens is 310 g/mol. The normalized spacial score (nSPS) is 21.6. The number of ether oxygens (including phenoxy) is 1. The Balaban J connectivity index is 2.19. The van der Waals surface area contributed by atoms with E-state index in [0.29, 0.717) is 6.42 Å². The van der Waals surface area contributed by atoms with Crippen LogP contribution in [0.2, 0.25) is 0 Å². The fraction of sp³-hybridized carbons (Fsp3) is 0.409. The first kappa shape index (κ1) is 17.5. The second-order valence-corrected chi connectivity index (χ2v) is 7.65. The quantitative estimate of drug-likeness (QED) is 0.795. The van der Waals surface area contributed by atoms with Crippen molar-refractivity contribution < 1.29 is 9.53 Å². The van der Waals surface area contributed by atoms with E-state index in [1.54, 1.807) is 7.11 Å². The highest BCUT2D eigenvalue weighted by Gasteiger charge is 2.47. The van der Waals surface area contributed by atoms with Crippen molar-refractivity contribution in [1.82, 2.24) is 0 Å². The fourth-order valence-corrected chi connectivity index (χ4v) is 4.35. The van der Waals surface area contributed by atoms with Crippen LogP contribution in [-0.2, 0) is 10.2 Å². The summed E-state index contributed by atoms with van der Waals surface area (Å²) in [6.45, 7) is 8.54. The van der Waals surface area contributed by atoms with Crippen LogP contribution in [0.15, 0.2) is 48.5 Å². The van der Waals surface area contributed by atoms with Crippen molar-refractivity contribution in [2.75, 3.05) is 12.0 Å². The SMILES string of the molecule is CCC(=O)N1c2ccccc2[C@@](C)(c2ccc(OC)cc2)CC1(C)C. The zero-order valence-electron chi connectivity index (χ0n) is 15.8. The van der Waals surface area contributed by atoms with Crippen molar-refractivity contribution in [2.24, 2.45) is 0 Å². The van der Waals surface area contributed by atoms with Gasteiger partial charge in [-0.3, -0.25) is 4.79 Å². The summed E-state index contributed by atoms with van der Waals surface area (Å²) in [7, 11) is 1.68. The Morgan fingerprint density at radius 1 is 1.08 bits per heavy atom. The maximum atomic E-state index is 12.7. The highest BCUT2D eigenvalue weighted by Crippen LogP contribution is 2.50. The van der Waals surface area contributed by atoms with Gasteiger partial charge in [0.2, 0.25) is 5.91 Å². The van der Waals surface area contributed by atoms with E-state index in [9.17, 15) is 4.79 Å². The highest BCUT2D eigenvalue weighted by atomic mass is 16.5. The predicted molar refractivity (Wildman–Crippen MR) is 102 cm³/mol. The average Bonchev–Trinajstić information content (AvgIpc) is 2.60. The zero-order chi connectivity index (χ0) is 18.2. The van der Waals surface area contributed by atoms with E-state index < -0.39 is 0 Å². The Morgan fingerprint density at radius 3 is 2.32 bits per heavy atom. The summed E-state index contributed by atoms with van der Waals surface area (Å²) >= 11 is 0. The third-order valence-electron chi connectivity index (χ3n) is 5.41. The van der Waals surface area contributed by atoms with Crippen LogP contribution >= 0.6 is 0 Å². The molecule has 3 nitrogen and oxygen atoms in total. The van der Waals surface area contributed by atoms with Crippen LogP contribution in [0, 0.1) is 0 Å². The topological polar surface area (TPSA) is 29.5 Å². The molecule has 3 rings (SSSR count). The minimum Gasteiger partial charge on any atom is -0.497 e. The first-order valence-electron chi connectivity index (χ1n) is 8.90. The molecule has 0 spiro atoms. The number of anilines is 1. The van der Waals surface area contributed by atoms with Gasteiger partial charge in [0, 0.05) is 23.1 Å². The maximum Gasteiger partial charge on any atom is 0.227 e. The molecular formula is C22H27NO2. The van der Waals surface area contributed by atoms with Crippen LogP contribution in [0.25, 0.3) is 0 Å². The Bertz CT molecular complexity index is 779. The van der Waals surface area contributed by atoms with Crippen LogP contribution < -0.4 is 9.64 Å². The van der Waals surface area contributed by atoms with Crippen LogP contribution in [0.5, 0.6) is 5.75 Å². The fourth-order valence-electron chi connectivity index (χ4n) is 4.35. The van der Waals surface area contributed by atoms with Crippen molar-refractivity contribution in [3.05, 3.63) is 59.7 Å². The average molecular weight is 337 g/mol. The number of hydrogen-bond acceptors (Lipinski definition) is 2. The van der Waals surface area contributed by atoms with E-state index in [2.05, 4.69) is 51.1 Å². The summed E-state index contributed by atoms with van der Waals surface area (Å²) in [5.74, 6) is 1.03. The van der Waals surface area contributed by atoms with Gasteiger partial charge in [0.05, 0.1) is 7.11 Å². The van der Waals surface area contributed by atoms with Gasteiger partial charge >= 0.3 is 0 Å². The molecule has 0 unspecified atom stereocenters. The van der Waals surface area contributed by atoms with Crippen LogP contribution in [-0.4, -0.2) is 18.6 Å². The van der Waals surface area contributed by atoms with Crippen LogP contribution in [0.3, 0.4) is 0 Å². The van der Waals surface area contributed by atoms with E-state index in [4.69, 9.17) is 4.74 Å². The smallest absolute Gasteiger partial charge is 0.227 e. The Labute approximate surface area is 150 Å². The second kappa shape index (κ2) is 6.21. The number of hydrogen-bond donors (Lipinski definition) is 0. The molecule has 1 heterocycles. The summed E-state index contributed by atoms with van der Waals surface area (Å²) in [5.41, 5.74) is 3.08. The largest absolute Gasteiger partial charge is 0.497 e. The molecule has 1 aliphatic heterocycles. The first-order valence-corrected chi connectivity index (χ1v) is 8.90. The first-order chi connectivity index (χ1) is 11.8. The van der Waals surface area contributed by atoms with Gasteiger partial charge in [-0.1, -0.05) is 44.2 Å². The standard InChI is InChI=1S/C22H27NO2/c1-6-20(24)23-19-10-8-7-9-18(19)22(4,15-21(23,2)3)16-11-13-17(25-5)14-12-16/h7-14H,6,15H2,1-5H3/t22-/m1/s1. The lowest BCUT2D eigenvalue weighted by atomic mass is 9.65. The molecule has 2 aromatic carbocycles. The number of carbonyl (C=O) groups is 1. The molecule has 2 aromatic rings. The minimum atomic E-state index is -0.254. The summed E-state index contributed by atoms with van der Waals surface area (Å²) in [6, 6.07) is 16.6. The molecule has 0 N–H and O–H groups in total. The molecule has 0 aliphatic carbocycles. The van der Waals surface area contributed by atoms with E-state index in [1.807, 2.05) is 30.0 Å². The molecule has 0 radical (unpaired) electrons. The van der Waals surface area contributed by atoms with Gasteiger partial charge in [0.25, 0.3) is 0 Å².